The smallest absolute Gasteiger partial charge is 0.272 e. The highest BCUT2D eigenvalue weighted by Gasteiger charge is 2.10. The zero-order valence-corrected chi connectivity index (χ0v) is 8.10. The maximum Gasteiger partial charge on any atom is 0.272 e. The van der Waals surface area contributed by atoms with Gasteiger partial charge in [0.05, 0.1) is 11.5 Å². The average Bonchev–Trinajstić information content (AvgIpc) is 2.19. The first-order valence-corrected chi connectivity index (χ1v) is 4.55. The summed E-state index contributed by atoms with van der Waals surface area (Å²) in [7, 11) is 0. The quantitative estimate of drug-likeness (QED) is 0.411. The normalized spacial score (nSPS) is 10.1. The van der Waals surface area contributed by atoms with Crippen LogP contribution in [0, 0.1) is 10.1 Å². The van der Waals surface area contributed by atoms with Gasteiger partial charge in [0, 0.05) is 24.7 Å². The zero-order chi connectivity index (χ0) is 10.4. The summed E-state index contributed by atoms with van der Waals surface area (Å²) in [5.41, 5.74) is 0.901. The van der Waals surface area contributed by atoms with Crippen LogP contribution in [0.1, 0.15) is 12.5 Å². The fourth-order valence-corrected chi connectivity index (χ4v) is 1.23. The van der Waals surface area contributed by atoms with Gasteiger partial charge >= 0.3 is 0 Å². The third kappa shape index (κ3) is 2.81. The Morgan fingerprint density at radius 3 is 2.79 bits per heavy atom. The van der Waals surface area contributed by atoms with E-state index in [-0.39, 0.29) is 10.6 Å². The van der Waals surface area contributed by atoms with Gasteiger partial charge in [-0.25, -0.2) is 0 Å². The summed E-state index contributed by atoms with van der Waals surface area (Å²) >= 11 is 0. The summed E-state index contributed by atoms with van der Waals surface area (Å²) in [6.45, 7) is 3.07. The largest absolute Gasteiger partial charge is 0.381 e. The molecular weight excluding hydrogens is 182 g/mol. The summed E-state index contributed by atoms with van der Waals surface area (Å²) in [5.74, 6) is 0. The summed E-state index contributed by atoms with van der Waals surface area (Å²) in [5, 5.41) is 10.6. The predicted molar refractivity (Wildman–Crippen MR) is 53.3 cm³/mol. The molecule has 1 aromatic rings. The van der Waals surface area contributed by atoms with Gasteiger partial charge in [0.2, 0.25) is 0 Å². The third-order valence-corrected chi connectivity index (χ3v) is 1.91. The zero-order valence-electron chi connectivity index (χ0n) is 8.10. The number of rotatable bonds is 5. The molecule has 0 aliphatic carbocycles. The van der Waals surface area contributed by atoms with E-state index in [2.05, 4.69) is 0 Å². The van der Waals surface area contributed by atoms with Crippen molar-refractivity contribution < 1.29 is 9.66 Å². The first-order valence-electron chi connectivity index (χ1n) is 4.55. The van der Waals surface area contributed by atoms with Gasteiger partial charge in [-0.2, -0.15) is 0 Å². The van der Waals surface area contributed by atoms with Crippen molar-refractivity contribution in [3.8, 4) is 0 Å². The molecule has 0 aliphatic heterocycles. The van der Waals surface area contributed by atoms with E-state index in [4.69, 9.17) is 4.74 Å². The van der Waals surface area contributed by atoms with E-state index >= 15 is 0 Å². The first-order chi connectivity index (χ1) is 6.75. The molecule has 1 aromatic carbocycles. The highest BCUT2D eigenvalue weighted by atomic mass is 16.6. The minimum atomic E-state index is -0.360. The Bertz CT molecular complexity index is 312. The molecule has 0 radical (unpaired) electrons. The van der Waals surface area contributed by atoms with E-state index in [1.165, 1.54) is 6.07 Å². The molecule has 0 unspecified atom stereocenters. The van der Waals surface area contributed by atoms with Crippen molar-refractivity contribution >= 4 is 5.69 Å². The summed E-state index contributed by atoms with van der Waals surface area (Å²) in [6, 6.07) is 6.75. The van der Waals surface area contributed by atoms with Crippen LogP contribution < -0.4 is 0 Å². The molecule has 0 spiro atoms. The minimum absolute atomic E-state index is 0.173. The fourth-order valence-electron chi connectivity index (χ4n) is 1.23. The molecule has 0 heterocycles. The Balaban J connectivity index is 2.69. The molecule has 0 amide bonds. The lowest BCUT2D eigenvalue weighted by atomic mass is 10.1. The summed E-state index contributed by atoms with van der Waals surface area (Å²) < 4.78 is 5.15. The topological polar surface area (TPSA) is 52.4 Å². The van der Waals surface area contributed by atoms with Gasteiger partial charge in [-0.1, -0.05) is 18.2 Å². The molecule has 0 atom stereocenters. The second-order valence-electron chi connectivity index (χ2n) is 2.83. The Morgan fingerprint density at radius 1 is 1.43 bits per heavy atom. The van der Waals surface area contributed by atoms with Crippen LogP contribution in [0.5, 0.6) is 0 Å². The number of ether oxygens (including phenoxy) is 1. The molecular formula is C10H13NO3. The second kappa shape index (κ2) is 5.34. The number of hydrogen-bond donors (Lipinski definition) is 0. The Morgan fingerprint density at radius 2 is 2.14 bits per heavy atom. The molecule has 4 heteroatoms. The monoisotopic (exact) mass is 195 g/mol. The molecule has 0 saturated heterocycles. The lowest BCUT2D eigenvalue weighted by Crippen LogP contribution is -2.01. The molecule has 0 aromatic heterocycles. The third-order valence-electron chi connectivity index (χ3n) is 1.91. The van der Waals surface area contributed by atoms with Gasteiger partial charge in [0.25, 0.3) is 5.69 Å². The van der Waals surface area contributed by atoms with Gasteiger partial charge in [-0.05, 0) is 6.92 Å². The number of nitro benzene ring substituents is 1. The first kappa shape index (κ1) is 10.7. The van der Waals surface area contributed by atoms with Gasteiger partial charge in [-0.3, -0.25) is 10.1 Å². The van der Waals surface area contributed by atoms with E-state index in [1.54, 1.807) is 18.2 Å². The predicted octanol–water partition coefficient (Wildman–Crippen LogP) is 2.17. The number of hydrogen-bond acceptors (Lipinski definition) is 3. The van der Waals surface area contributed by atoms with Crippen LogP contribution in [0.25, 0.3) is 0 Å². The van der Waals surface area contributed by atoms with Crippen LogP contribution >= 0.6 is 0 Å². The van der Waals surface area contributed by atoms with Crippen molar-refractivity contribution in [1.82, 2.24) is 0 Å². The van der Waals surface area contributed by atoms with E-state index in [0.29, 0.717) is 19.6 Å². The lowest BCUT2D eigenvalue weighted by Gasteiger charge is -2.02. The maximum absolute atomic E-state index is 10.6. The minimum Gasteiger partial charge on any atom is -0.381 e. The Labute approximate surface area is 82.7 Å². The Kier molecular flexibility index (Phi) is 4.07. The van der Waals surface area contributed by atoms with Crippen molar-refractivity contribution in [2.24, 2.45) is 0 Å². The maximum atomic E-state index is 10.6. The van der Waals surface area contributed by atoms with Crippen molar-refractivity contribution in [3.63, 3.8) is 0 Å². The molecule has 0 N–H and O–H groups in total. The molecule has 0 saturated carbocycles. The molecule has 0 fully saturated rings. The van der Waals surface area contributed by atoms with E-state index in [0.717, 1.165) is 5.56 Å². The average molecular weight is 195 g/mol. The van der Waals surface area contributed by atoms with Gasteiger partial charge in [-0.15, -0.1) is 0 Å². The number of nitro groups is 1. The standard InChI is InChI=1S/C10H13NO3/c1-2-14-8-7-9-5-3-4-6-10(9)11(12)13/h3-6H,2,7-8H2,1H3. The van der Waals surface area contributed by atoms with E-state index in [9.17, 15) is 10.1 Å². The summed E-state index contributed by atoms with van der Waals surface area (Å²) in [6.07, 6.45) is 0.588. The molecule has 14 heavy (non-hydrogen) atoms. The summed E-state index contributed by atoms with van der Waals surface area (Å²) in [4.78, 5) is 10.3. The van der Waals surface area contributed by atoms with Crippen LogP contribution in [0.2, 0.25) is 0 Å². The van der Waals surface area contributed by atoms with Gasteiger partial charge in [0.15, 0.2) is 0 Å². The molecule has 0 aliphatic rings. The molecule has 0 bridgehead atoms. The van der Waals surface area contributed by atoms with Crippen LogP contribution in [-0.4, -0.2) is 18.1 Å². The van der Waals surface area contributed by atoms with E-state index in [1.807, 2.05) is 6.92 Å². The highest BCUT2D eigenvalue weighted by Crippen LogP contribution is 2.17. The lowest BCUT2D eigenvalue weighted by molar-refractivity contribution is -0.385. The van der Waals surface area contributed by atoms with Crippen molar-refractivity contribution in [3.05, 3.63) is 39.9 Å². The van der Waals surface area contributed by atoms with Crippen LogP contribution in [-0.2, 0) is 11.2 Å². The SMILES string of the molecule is CCOCCc1ccccc1[N+](=O)[O-]. The van der Waals surface area contributed by atoms with Gasteiger partial charge < -0.3 is 4.74 Å². The molecule has 1 rings (SSSR count). The Hall–Kier alpha value is -1.42. The van der Waals surface area contributed by atoms with Crippen molar-refractivity contribution in [2.45, 2.75) is 13.3 Å². The molecule has 4 nitrogen and oxygen atoms in total. The fraction of sp³-hybridized carbons (Fsp3) is 0.400. The van der Waals surface area contributed by atoms with Crippen LogP contribution in [0.4, 0.5) is 5.69 Å². The van der Waals surface area contributed by atoms with Crippen LogP contribution in [0.15, 0.2) is 24.3 Å². The van der Waals surface area contributed by atoms with Crippen molar-refractivity contribution in [1.29, 1.82) is 0 Å². The number of benzene rings is 1. The van der Waals surface area contributed by atoms with Crippen LogP contribution in [0.3, 0.4) is 0 Å². The highest BCUT2D eigenvalue weighted by molar-refractivity contribution is 5.39. The molecule has 76 valence electrons. The number of nitrogens with zero attached hydrogens (tertiary/aromatic N) is 1. The van der Waals surface area contributed by atoms with Gasteiger partial charge in [0.1, 0.15) is 0 Å². The number of para-hydroxylation sites is 1. The van der Waals surface area contributed by atoms with Crippen molar-refractivity contribution in [2.75, 3.05) is 13.2 Å². The second-order valence-corrected chi connectivity index (χ2v) is 2.83. The van der Waals surface area contributed by atoms with E-state index < -0.39 is 0 Å².